The van der Waals surface area contributed by atoms with Crippen molar-refractivity contribution in [1.29, 1.82) is 0 Å². The third kappa shape index (κ3) is 3.71. The Hall–Kier alpha value is -2.74. The summed E-state index contributed by atoms with van der Waals surface area (Å²) in [5.41, 5.74) is 1.20. The zero-order valence-electron chi connectivity index (χ0n) is 16.3. The van der Waals surface area contributed by atoms with Crippen molar-refractivity contribution in [2.45, 2.75) is 44.1 Å². The first-order valence-corrected chi connectivity index (χ1v) is 9.64. The van der Waals surface area contributed by atoms with Gasteiger partial charge in [0.25, 0.3) is 0 Å². The fourth-order valence-electron chi connectivity index (χ4n) is 4.26. The first-order chi connectivity index (χ1) is 14.3. The van der Waals surface area contributed by atoms with Crippen LogP contribution in [0.1, 0.15) is 52.7 Å². The van der Waals surface area contributed by atoms with Gasteiger partial charge in [-0.2, -0.15) is 13.2 Å². The minimum absolute atomic E-state index is 0.0750. The van der Waals surface area contributed by atoms with E-state index in [-0.39, 0.29) is 23.9 Å². The predicted molar refractivity (Wildman–Crippen MR) is 100 cm³/mol. The Kier molecular flexibility index (Phi) is 5.36. The fraction of sp³-hybridized carbons (Fsp3) is 0.409. The monoisotopic (exact) mass is 422 g/mol. The van der Waals surface area contributed by atoms with E-state index in [9.17, 15) is 23.1 Å². The minimum Gasteiger partial charge on any atom is -0.492 e. The second-order valence-electron chi connectivity index (χ2n) is 7.45. The second-order valence-corrected chi connectivity index (χ2v) is 7.45. The summed E-state index contributed by atoms with van der Waals surface area (Å²) in [4.78, 5) is 11.5. The quantitative estimate of drug-likeness (QED) is 0.728. The summed E-state index contributed by atoms with van der Waals surface area (Å²) in [6, 6.07) is 7.79. The molecule has 0 bridgehead atoms. The number of carbonyl (C=O) groups excluding carboxylic acids is 1. The molecule has 2 aromatic carbocycles. The lowest BCUT2D eigenvalue weighted by molar-refractivity contribution is -0.141. The molecule has 1 aliphatic heterocycles. The highest BCUT2D eigenvalue weighted by Gasteiger charge is 2.37. The lowest BCUT2D eigenvalue weighted by Gasteiger charge is -2.18. The van der Waals surface area contributed by atoms with Crippen LogP contribution in [0.2, 0.25) is 0 Å². The van der Waals surface area contributed by atoms with E-state index in [0.717, 1.165) is 11.6 Å². The topological polar surface area (TPSA) is 65.0 Å². The zero-order chi connectivity index (χ0) is 21.5. The molecule has 5 nitrogen and oxygen atoms in total. The maximum atomic E-state index is 13.2. The molecule has 0 saturated heterocycles. The molecule has 2 atom stereocenters. The smallest absolute Gasteiger partial charge is 0.416 e. The molecule has 1 N–H and O–H groups in total. The van der Waals surface area contributed by atoms with Crippen LogP contribution in [0.3, 0.4) is 0 Å². The average Bonchev–Trinajstić information content (AvgIpc) is 3.30. The molecule has 2 aromatic rings. The number of aliphatic hydroxyl groups is 1. The maximum Gasteiger partial charge on any atom is 0.416 e. The number of methoxy groups -OCH3 is 1. The normalized spacial score (nSPS) is 19.8. The Labute approximate surface area is 171 Å². The first-order valence-electron chi connectivity index (χ1n) is 9.64. The van der Waals surface area contributed by atoms with E-state index < -0.39 is 24.5 Å². The van der Waals surface area contributed by atoms with Crippen LogP contribution in [0.5, 0.6) is 11.5 Å². The summed E-state index contributed by atoms with van der Waals surface area (Å²) in [6.07, 6.45) is -3.76. The number of alkyl halides is 3. The number of rotatable bonds is 5. The third-order valence-corrected chi connectivity index (χ3v) is 5.72. The van der Waals surface area contributed by atoms with Gasteiger partial charge in [-0.05, 0) is 41.7 Å². The summed E-state index contributed by atoms with van der Waals surface area (Å²) in [7, 11) is 1.34. The largest absolute Gasteiger partial charge is 0.492 e. The van der Waals surface area contributed by atoms with Crippen LogP contribution in [0.25, 0.3) is 0 Å². The van der Waals surface area contributed by atoms with Crippen LogP contribution in [-0.2, 0) is 28.7 Å². The van der Waals surface area contributed by atoms with Crippen molar-refractivity contribution in [3.05, 3.63) is 58.1 Å². The van der Waals surface area contributed by atoms with E-state index in [0.29, 0.717) is 42.1 Å². The molecule has 0 spiro atoms. The van der Waals surface area contributed by atoms with Gasteiger partial charge in [0.05, 0.1) is 32.3 Å². The standard InChI is InChI=1S/C22H21F3O5/c1-28-21(27)8-12-11-29-20-9-13(2-3-14(12)20)30-19-7-5-15-16(19)4-6-18(17(15)10-26)22(23,24)25/h2-4,6,9,12,19,26H,5,7-8,10-11H2,1H3/t12-,19-/m1/s1. The van der Waals surface area contributed by atoms with Crippen molar-refractivity contribution in [2.24, 2.45) is 0 Å². The lowest BCUT2D eigenvalue weighted by Crippen LogP contribution is -2.12. The van der Waals surface area contributed by atoms with Gasteiger partial charge in [0.1, 0.15) is 17.6 Å². The van der Waals surface area contributed by atoms with Crippen molar-refractivity contribution in [3.63, 3.8) is 0 Å². The number of aliphatic hydroxyl groups excluding tert-OH is 1. The van der Waals surface area contributed by atoms with Gasteiger partial charge in [0.2, 0.25) is 0 Å². The number of benzene rings is 2. The molecule has 0 radical (unpaired) electrons. The summed E-state index contributed by atoms with van der Waals surface area (Å²) < 4.78 is 56.1. The SMILES string of the molecule is COC(=O)C[C@@H]1COc2cc(O[C@@H]3CCc4c3ccc(C(F)(F)F)c4CO)ccc21. The van der Waals surface area contributed by atoms with E-state index in [1.54, 1.807) is 12.1 Å². The van der Waals surface area contributed by atoms with Crippen LogP contribution in [-0.4, -0.2) is 24.8 Å². The van der Waals surface area contributed by atoms with Gasteiger partial charge >= 0.3 is 12.1 Å². The number of hydrogen-bond acceptors (Lipinski definition) is 5. The van der Waals surface area contributed by atoms with Gasteiger partial charge in [-0.25, -0.2) is 0 Å². The van der Waals surface area contributed by atoms with Gasteiger partial charge in [-0.3, -0.25) is 4.79 Å². The minimum atomic E-state index is -4.51. The number of hydrogen-bond donors (Lipinski definition) is 1. The number of carbonyl (C=O) groups is 1. The van der Waals surface area contributed by atoms with Gasteiger partial charge in [-0.15, -0.1) is 0 Å². The average molecular weight is 422 g/mol. The maximum absolute atomic E-state index is 13.2. The van der Waals surface area contributed by atoms with Gasteiger partial charge in [0, 0.05) is 17.5 Å². The molecule has 0 aromatic heterocycles. The summed E-state index contributed by atoms with van der Waals surface area (Å²) in [5.74, 6) is 0.776. The summed E-state index contributed by atoms with van der Waals surface area (Å²) in [5, 5.41) is 9.54. The van der Waals surface area contributed by atoms with Crippen LogP contribution < -0.4 is 9.47 Å². The van der Waals surface area contributed by atoms with Crippen LogP contribution in [0, 0.1) is 0 Å². The van der Waals surface area contributed by atoms with Gasteiger partial charge in [-0.1, -0.05) is 12.1 Å². The molecule has 4 rings (SSSR count). The third-order valence-electron chi connectivity index (χ3n) is 5.72. The van der Waals surface area contributed by atoms with E-state index in [1.807, 2.05) is 6.07 Å². The Morgan fingerprint density at radius 3 is 2.70 bits per heavy atom. The molecule has 0 fully saturated rings. The molecular formula is C22H21F3O5. The van der Waals surface area contributed by atoms with Crippen molar-refractivity contribution in [3.8, 4) is 11.5 Å². The van der Waals surface area contributed by atoms with Crippen LogP contribution >= 0.6 is 0 Å². The van der Waals surface area contributed by atoms with E-state index in [1.165, 1.54) is 13.2 Å². The highest BCUT2D eigenvalue weighted by Crippen LogP contribution is 2.44. The Balaban J connectivity index is 1.55. The van der Waals surface area contributed by atoms with E-state index in [4.69, 9.17) is 14.2 Å². The predicted octanol–water partition coefficient (Wildman–Crippen LogP) is 4.30. The summed E-state index contributed by atoms with van der Waals surface area (Å²) >= 11 is 0. The molecule has 30 heavy (non-hydrogen) atoms. The molecular weight excluding hydrogens is 401 g/mol. The Morgan fingerprint density at radius 2 is 2.00 bits per heavy atom. The molecule has 1 aliphatic carbocycles. The second kappa shape index (κ2) is 7.83. The molecule has 1 heterocycles. The first kappa shape index (κ1) is 20.5. The Morgan fingerprint density at radius 1 is 1.23 bits per heavy atom. The number of halogens is 3. The fourth-order valence-corrected chi connectivity index (χ4v) is 4.26. The van der Waals surface area contributed by atoms with Crippen LogP contribution in [0.15, 0.2) is 30.3 Å². The van der Waals surface area contributed by atoms with Gasteiger partial charge in [0.15, 0.2) is 0 Å². The molecule has 8 heteroatoms. The van der Waals surface area contributed by atoms with Crippen LogP contribution in [0.4, 0.5) is 13.2 Å². The van der Waals surface area contributed by atoms with E-state index >= 15 is 0 Å². The molecule has 0 saturated carbocycles. The molecule has 0 amide bonds. The summed E-state index contributed by atoms with van der Waals surface area (Å²) in [6.45, 7) is -0.292. The van der Waals surface area contributed by atoms with E-state index in [2.05, 4.69) is 0 Å². The van der Waals surface area contributed by atoms with Crippen molar-refractivity contribution in [1.82, 2.24) is 0 Å². The lowest BCUT2D eigenvalue weighted by atomic mass is 9.97. The van der Waals surface area contributed by atoms with Crippen molar-refractivity contribution in [2.75, 3.05) is 13.7 Å². The molecule has 2 aliphatic rings. The number of ether oxygens (including phenoxy) is 3. The zero-order valence-corrected chi connectivity index (χ0v) is 16.3. The number of esters is 1. The highest BCUT2D eigenvalue weighted by molar-refractivity contribution is 5.71. The molecule has 160 valence electrons. The molecule has 0 unspecified atom stereocenters. The van der Waals surface area contributed by atoms with Gasteiger partial charge < -0.3 is 19.3 Å². The highest BCUT2D eigenvalue weighted by atomic mass is 19.4. The van der Waals surface area contributed by atoms with Crippen molar-refractivity contribution < 1.29 is 37.3 Å². The number of fused-ring (bicyclic) bond motifs is 2. The Bertz CT molecular complexity index is 970. The van der Waals surface area contributed by atoms with Crippen molar-refractivity contribution >= 4 is 5.97 Å².